The van der Waals surface area contributed by atoms with Crippen LogP contribution in [0.3, 0.4) is 0 Å². The van der Waals surface area contributed by atoms with Gasteiger partial charge in [-0.1, -0.05) is 6.92 Å². The summed E-state index contributed by atoms with van der Waals surface area (Å²) in [6.07, 6.45) is 2.57. The molecule has 23 heavy (non-hydrogen) atoms. The Morgan fingerprint density at radius 1 is 1.39 bits per heavy atom. The molecule has 0 radical (unpaired) electrons. The molecule has 2 aromatic heterocycles. The van der Waals surface area contributed by atoms with Crippen molar-refractivity contribution in [1.82, 2.24) is 25.1 Å². The molecule has 0 aromatic carbocycles. The first-order valence-electron chi connectivity index (χ1n) is 7.39. The Balaban J connectivity index is 1.88. The average Bonchev–Trinajstić information content (AvgIpc) is 2.81. The van der Waals surface area contributed by atoms with Gasteiger partial charge < -0.3 is 10.3 Å². The largest absolute Gasteiger partial charge is 0.337 e. The number of rotatable bonds is 6. The first kappa shape index (κ1) is 16.5. The monoisotopic (exact) mass is 320 g/mol. The number of nitrogens with one attached hydrogen (secondary N) is 4. The van der Waals surface area contributed by atoms with Crippen LogP contribution in [0.25, 0.3) is 0 Å². The lowest BCUT2D eigenvalue weighted by Gasteiger charge is -2.09. The minimum Gasteiger partial charge on any atom is -0.337 e. The minimum atomic E-state index is -0.552. The summed E-state index contributed by atoms with van der Waals surface area (Å²) in [7, 11) is 0. The highest BCUT2D eigenvalue weighted by atomic mass is 16.2. The van der Waals surface area contributed by atoms with Crippen molar-refractivity contribution >= 4 is 11.8 Å². The minimum absolute atomic E-state index is 0.266. The van der Waals surface area contributed by atoms with Crippen molar-refractivity contribution in [3.05, 3.63) is 44.4 Å². The van der Waals surface area contributed by atoms with E-state index in [1.165, 1.54) is 6.20 Å². The Hall–Kier alpha value is -2.84. The molecule has 0 bridgehead atoms. The van der Waals surface area contributed by atoms with Gasteiger partial charge in [-0.3, -0.25) is 15.1 Å². The number of aryl methyl sites for hydroxylation is 2. The zero-order chi connectivity index (χ0) is 16.8. The number of hydrogen-bond acceptors (Lipinski definition) is 4. The zero-order valence-corrected chi connectivity index (χ0v) is 13.1. The van der Waals surface area contributed by atoms with Gasteiger partial charge in [-0.05, 0) is 19.8 Å². The van der Waals surface area contributed by atoms with Crippen LogP contribution < -0.4 is 21.9 Å². The second-order valence-electron chi connectivity index (χ2n) is 5.12. The van der Waals surface area contributed by atoms with Crippen LogP contribution in [0.1, 0.15) is 24.6 Å². The molecule has 0 aliphatic carbocycles. The Bertz CT molecular complexity index is 788. The second kappa shape index (κ2) is 7.43. The number of aromatic amines is 2. The average molecular weight is 320 g/mol. The first-order valence-corrected chi connectivity index (χ1v) is 7.39. The van der Waals surface area contributed by atoms with Gasteiger partial charge in [-0.25, -0.2) is 14.3 Å². The molecule has 0 spiro atoms. The second-order valence-corrected chi connectivity index (χ2v) is 5.12. The lowest BCUT2D eigenvalue weighted by Crippen LogP contribution is -2.33. The van der Waals surface area contributed by atoms with Crippen molar-refractivity contribution < 1.29 is 4.79 Å². The highest BCUT2D eigenvalue weighted by Crippen LogP contribution is 2.10. The molecule has 0 aliphatic heterocycles. The van der Waals surface area contributed by atoms with E-state index >= 15 is 0 Å². The molecular formula is C14H20N6O3. The first-order chi connectivity index (χ1) is 11.0. The van der Waals surface area contributed by atoms with E-state index in [1.54, 1.807) is 10.7 Å². The highest BCUT2D eigenvalue weighted by molar-refractivity contribution is 5.88. The van der Waals surface area contributed by atoms with Gasteiger partial charge in [0.05, 0.1) is 5.69 Å². The third-order valence-corrected chi connectivity index (χ3v) is 3.16. The summed E-state index contributed by atoms with van der Waals surface area (Å²) in [5.41, 5.74) is 0.224. The van der Waals surface area contributed by atoms with Gasteiger partial charge in [0.1, 0.15) is 5.82 Å². The molecule has 9 nitrogen and oxygen atoms in total. The van der Waals surface area contributed by atoms with Gasteiger partial charge in [0.25, 0.3) is 5.56 Å². The number of aromatic nitrogens is 4. The lowest BCUT2D eigenvalue weighted by atomic mass is 10.2. The molecule has 2 amide bonds. The van der Waals surface area contributed by atoms with Crippen molar-refractivity contribution in [2.24, 2.45) is 0 Å². The van der Waals surface area contributed by atoms with E-state index < -0.39 is 11.2 Å². The van der Waals surface area contributed by atoms with Crippen molar-refractivity contribution in [2.75, 3.05) is 11.9 Å². The van der Waals surface area contributed by atoms with E-state index in [0.29, 0.717) is 17.8 Å². The molecule has 0 fully saturated rings. The summed E-state index contributed by atoms with van der Waals surface area (Å²) in [5, 5.41) is 9.69. The molecule has 0 saturated carbocycles. The third kappa shape index (κ3) is 4.56. The van der Waals surface area contributed by atoms with Gasteiger partial charge in [0, 0.05) is 30.9 Å². The molecule has 2 aromatic rings. The molecule has 9 heteroatoms. The Morgan fingerprint density at radius 3 is 2.87 bits per heavy atom. The predicted octanol–water partition coefficient (Wildman–Crippen LogP) is 0.342. The molecule has 0 saturated heterocycles. The fourth-order valence-corrected chi connectivity index (χ4v) is 2.12. The van der Waals surface area contributed by atoms with Gasteiger partial charge in [0.15, 0.2) is 0 Å². The quantitative estimate of drug-likeness (QED) is 0.612. The smallest absolute Gasteiger partial charge is 0.325 e. The van der Waals surface area contributed by atoms with E-state index in [0.717, 1.165) is 18.7 Å². The van der Waals surface area contributed by atoms with E-state index in [2.05, 4.69) is 25.7 Å². The van der Waals surface area contributed by atoms with Crippen LogP contribution in [0, 0.1) is 6.92 Å². The maximum atomic E-state index is 11.9. The van der Waals surface area contributed by atoms with E-state index in [1.807, 2.05) is 13.8 Å². The van der Waals surface area contributed by atoms with Crippen LogP contribution in [-0.2, 0) is 13.0 Å². The molecule has 2 rings (SSSR count). The van der Waals surface area contributed by atoms with Crippen LogP contribution in [0.15, 0.2) is 21.9 Å². The summed E-state index contributed by atoms with van der Waals surface area (Å²) >= 11 is 0. The molecule has 124 valence electrons. The zero-order valence-electron chi connectivity index (χ0n) is 13.1. The van der Waals surface area contributed by atoms with Crippen LogP contribution in [0.2, 0.25) is 0 Å². The molecule has 0 unspecified atom stereocenters. The van der Waals surface area contributed by atoms with Crippen LogP contribution in [0.4, 0.5) is 10.6 Å². The number of hydrogen-bond donors (Lipinski definition) is 4. The standard InChI is InChI=1S/C14H20N6O3/c1-3-6-20-11(7-9(2)19-20)17-13(22)15-5-4-10-8-16-14(23)18-12(10)21/h7-8H,3-6H2,1-2H3,(H2,15,17,22)(H2,16,18,21,23). The molecule has 0 atom stereocenters. The number of nitrogens with zero attached hydrogens (tertiary/aromatic N) is 2. The Morgan fingerprint density at radius 2 is 2.17 bits per heavy atom. The van der Waals surface area contributed by atoms with Crippen molar-refractivity contribution in [3.63, 3.8) is 0 Å². The number of anilines is 1. The number of urea groups is 1. The Kier molecular flexibility index (Phi) is 5.34. The fourth-order valence-electron chi connectivity index (χ4n) is 2.12. The number of H-pyrrole nitrogens is 2. The summed E-state index contributed by atoms with van der Waals surface area (Å²) < 4.78 is 1.74. The lowest BCUT2D eigenvalue weighted by molar-refractivity contribution is 0.252. The highest BCUT2D eigenvalue weighted by Gasteiger charge is 2.08. The van der Waals surface area contributed by atoms with Crippen molar-refractivity contribution in [1.29, 1.82) is 0 Å². The summed E-state index contributed by atoms with van der Waals surface area (Å²) in [5.74, 6) is 0.628. The SMILES string of the molecule is CCCn1nc(C)cc1NC(=O)NCCc1c[nH]c(=O)[nH]c1=O. The number of amides is 2. The molecule has 0 aliphatic rings. The van der Waals surface area contributed by atoms with E-state index in [4.69, 9.17) is 0 Å². The Labute approximate surface area is 132 Å². The summed E-state index contributed by atoms with van der Waals surface area (Å²) in [6.45, 7) is 4.87. The number of carbonyl (C=O) groups excluding carboxylic acids is 1. The van der Waals surface area contributed by atoms with Crippen LogP contribution in [0.5, 0.6) is 0 Å². The van der Waals surface area contributed by atoms with E-state index in [-0.39, 0.29) is 12.6 Å². The maximum Gasteiger partial charge on any atom is 0.325 e. The van der Waals surface area contributed by atoms with Crippen molar-refractivity contribution in [2.45, 2.75) is 33.2 Å². The van der Waals surface area contributed by atoms with Gasteiger partial charge in [-0.2, -0.15) is 5.10 Å². The van der Waals surface area contributed by atoms with Gasteiger partial charge >= 0.3 is 11.7 Å². The van der Waals surface area contributed by atoms with Gasteiger partial charge in [-0.15, -0.1) is 0 Å². The summed E-state index contributed by atoms with van der Waals surface area (Å²) in [6, 6.07) is 1.42. The predicted molar refractivity (Wildman–Crippen MR) is 85.7 cm³/mol. The molecule has 2 heterocycles. The maximum absolute atomic E-state index is 11.9. The third-order valence-electron chi connectivity index (χ3n) is 3.16. The van der Waals surface area contributed by atoms with Gasteiger partial charge in [0.2, 0.25) is 0 Å². The summed E-state index contributed by atoms with van der Waals surface area (Å²) in [4.78, 5) is 38.9. The fraction of sp³-hybridized carbons (Fsp3) is 0.429. The van der Waals surface area contributed by atoms with Crippen LogP contribution >= 0.6 is 0 Å². The number of carbonyl (C=O) groups is 1. The van der Waals surface area contributed by atoms with Crippen LogP contribution in [-0.4, -0.2) is 32.3 Å². The van der Waals surface area contributed by atoms with Crippen molar-refractivity contribution in [3.8, 4) is 0 Å². The molecule has 4 N–H and O–H groups in total. The van der Waals surface area contributed by atoms with E-state index in [9.17, 15) is 14.4 Å². The normalized spacial score (nSPS) is 10.5. The topological polar surface area (TPSA) is 125 Å². The molecular weight excluding hydrogens is 300 g/mol.